The van der Waals surface area contributed by atoms with Gasteiger partial charge in [0.05, 0.1) is 17.6 Å². The summed E-state index contributed by atoms with van der Waals surface area (Å²) in [6, 6.07) is 3.32. The van der Waals surface area contributed by atoms with Gasteiger partial charge in [-0.05, 0) is 64.5 Å². The number of ketones is 1. The van der Waals surface area contributed by atoms with Gasteiger partial charge in [0.1, 0.15) is 17.5 Å². The van der Waals surface area contributed by atoms with Crippen molar-refractivity contribution in [1.29, 1.82) is 0 Å². The standard InChI is InChI=1S/C26H38ClFN4O6/c1-16(2)14-20(32-24(36)23(35)30-18-11-7-6-10-17(18)28)22(34)31-19(21(33)15-27)12-8-9-13-29-25(37)38-26(3,4)5/h6-7,10-11,16,19-20H,8-9,12-15H2,1-5H3,(H,29,37)(H,30,35)(H,31,34)(H,32,36). The van der Waals surface area contributed by atoms with Crippen molar-refractivity contribution in [2.24, 2.45) is 5.92 Å². The van der Waals surface area contributed by atoms with Gasteiger partial charge in [-0.2, -0.15) is 0 Å². The van der Waals surface area contributed by atoms with E-state index < -0.39 is 53.1 Å². The van der Waals surface area contributed by atoms with Gasteiger partial charge < -0.3 is 26.0 Å². The highest BCUT2D eigenvalue weighted by molar-refractivity contribution is 6.40. The van der Waals surface area contributed by atoms with Gasteiger partial charge in [0, 0.05) is 6.54 Å². The Balaban J connectivity index is 2.73. The number of nitrogens with one attached hydrogen (secondary N) is 4. The second kappa shape index (κ2) is 15.9. The van der Waals surface area contributed by atoms with Crippen LogP contribution in [0.2, 0.25) is 0 Å². The number of hydrogen-bond acceptors (Lipinski definition) is 6. The van der Waals surface area contributed by atoms with Crippen molar-refractivity contribution < 1.29 is 33.1 Å². The molecule has 1 rings (SSSR count). The fourth-order valence-corrected chi connectivity index (χ4v) is 3.51. The largest absolute Gasteiger partial charge is 0.444 e. The monoisotopic (exact) mass is 556 g/mol. The summed E-state index contributed by atoms with van der Waals surface area (Å²) in [6.07, 6.45) is 0.889. The van der Waals surface area contributed by atoms with Gasteiger partial charge in [0.15, 0.2) is 5.78 Å². The normalized spacial score (nSPS) is 12.7. The summed E-state index contributed by atoms with van der Waals surface area (Å²) in [7, 11) is 0. The van der Waals surface area contributed by atoms with E-state index in [1.54, 1.807) is 20.8 Å². The van der Waals surface area contributed by atoms with E-state index in [9.17, 15) is 28.4 Å². The molecule has 38 heavy (non-hydrogen) atoms. The zero-order valence-electron chi connectivity index (χ0n) is 22.5. The summed E-state index contributed by atoms with van der Waals surface area (Å²) >= 11 is 5.73. The lowest BCUT2D eigenvalue weighted by Crippen LogP contribution is -2.54. The lowest BCUT2D eigenvalue weighted by molar-refractivity contribution is -0.138. The van der Waals surface area contributed by atoms with Crippen molar-refractivity contribution in [2.75, 3.05) is 17.7 Å². The minimum Gasteiger partial charge on any atom is -0.444 e. The Morgan fingerprint density at radius 1 is 0.974 bits per heavy atom. The van der Waals surface area contributed by atoms with Gasteiger partial charge in [-0.25, -0.2) is 9.18 Å². The van der Waals surface area contributed by atoms with Gasteiger partial charge in [0.2, 0.25) is 5.91 Å². The van der Waals surface area contributed by atoms with Crippen LogP contribution in [0.4, 0.5) is 14.9 Å². The van der Waals surface area contributed by atoms with Crippen LogP contribution < -0.4 is 21.3 Å². The summed E-state index contributed by atoms with van der Waals surface area (Å²) in [5.74, 6) is -4.40. The van der Waals surface area contributed by atoms with Crippen molar-refractivity contribution in [3.63, 3.8) is 0 Å². The van der Waals surface area contributed by atoms with E-state index >= 15 is 0 Å². The molecule has 0 saturated heterocycles. The van der Waals surface area contributed by atoms with E-state index in [1.165, 1.54) is 18.2 Å². The zero-order chi connectivity index (χ0) is 28.9. The number of carbonyl (C=O) groups is 5. The van der Waals surface area contributed by atoms with E-state index in [0.717, 1.165) is 6.07 Å². The molecule has 1 aromatic carbocycles. The van der Waals surface area contributed by atoms with Gasteiger partial charge in [-0.3, -0.25) is 19.2 Å². The predicted molar refractivity (Wildman–Crippen MR) is 142 cm³/mol. The van der Waals surface area contributed by atoms with Crippen LogP contribution >= 0.6 is 11.6 Å². The van der Waals surface area contributed by atoms with E-state index in [-0.39, 0.29) is 30.3 Å². The molecule has 10 nitrogen and oxygen atoms in total. The molecule has 2 unspecified atom stereocenters. The fraction of sp³-hybridized carbons (Fsp3) is 0.577. The maximum Gasteiger partial charge on any atom is 0.407 e. The van der Waals surface area contributed by atoms with Crippen LogP contribution in [0.15, 0.2) is 24.3 Å². The number of alkyl halides is 1. The second-order valence-electron chi connectivity index (χ2n) is 10.2. The molecule has 0 spiro atoms. The molecule has 0 saturated carbocycles. The van der Waals surface area contributed by atoms with Gasteiger partial charge >= 0.3 is 17.9 Å². The topological polar surface area (TPSA) is 143 Å². The number of Topliss-reactive ketones (excluding diaryl/α,β-unsaturated/α-hetero) is 1. The number of alkyl carbamates (subject to hydrolysis) is 1. The molecule has 0 bridgehead atoms. The molecule has 1 aromatic rings. The maximum atomic E-state index is 13.8. The molecular weight excluding hydrogens is 519 g/mol. The summed E-state index contributed by atoms with van der Waals surface area (Å²) in [5.41, 5.74) is -0.793. The average molecular weight is 557 g/mol. The number of halogens is 2. The molecule has 12 heteroatoms. The summed E-state index contributed by atoms with van der Waals surface area (Å²) in [6.45, 7) is 9.22. The van der Waals surface area contributed by atoms with Crippen molar-refractivity contribution in [2.45, 2.75) is 78.0 Å². The van der Waals surface area contributed by atoms with Crippen LogP contribution in [0.5, 0.6) is 0 Å². The molecule has 0 aromatic heterocycles. The van der Waals surface area contributed by atoms with E-state index in [4.69, 9.17) is 16.3 Å². The third kappa shape index (κ3) is 12.8. The first-order valence-corrected chi connectivity index (χ1v) is 13.0. The molecule has 0 aliphatic carbocycles. The van der Waals surface area contributed by atoms with Gasteiger partial charge in [0.25, 0.3) is 0 Å². The lowest BCUT2D eigenvalue weighted by atomic mass is 10.0. The molecule has 0 aliphatic heterocycles. The number of amides is 4. The Morgan fingerprint density at radius 3 is 2.21 bits per heavy atom. The number of ether oxygens (including phenoxy) is 1. The molecule has 0 fully saturated rings. The first-order chi connectivity index (χ1) is 17.7. The molecule has 4 N–H and O–H groups in total. The molecule has 0 radical (unpaired) electrons. The number of unbranched alkanes of at least 4 members (excludes halogenated alkanes) is 1. The van der Waals surface area contributed by atoms with E-state index in [0.29, 0.717) is 19.4 Å². The van der Waals surface area contributed by atoms with Crippen LogP contribution in [0, 0.1) is 11.7 Å². The quantitative estimate of drug-likeness (QED) is 0.167. The van der Waals surface area contributed by atoms with E-state index in [1.807, 2.05) is 13.8 Å². The van der Waals surface area contributed by atoms with Crippen LogP contribution in [0.3, 0.4) is 0 Å². The Labute approximate surface area is 227 Å². The average Bonchev–Trinajstić information content (AvgIpc) is 2.81. The minimum atomic E-state index is -1.14. The van der Waals surface area contributed by atoms with Crippen molar-refractivity contribution in [3.8, 4) is 0 Å². The number of carbonyl (C=O) groups excluding carboxylic acids is 5. The SMILES string of the molecule is CC(C)CC(NC(=O)C(=O)Nc1ccccc1F)C(=O)NC(CCCCNC(=O)OC(C)(C)C)C(=O)CCl. The second-order valence-corrected chi connectivity index (χ2v) is 10.4. The van der Waals surface area contributed by atoms with Crippen LogP contribution in [0.25, 0.3) is 0 Å². The van der Waals surface area contributed by atoms with Gasteiger partial charge in [-0.1, -0.05) is 26.0 Å². The summed E-state index contributed by atoms with van der Waals surface area (Å²) < 4.78 is 19.0. The first-order valence-electron chi connectivity index (χ1n) is 12.5. The Morgan fingerprint density at radius 2 is 1.63 bits per heavy atom. The molecule has 0 aliphatic rings. The fourth-order valence-electron chi connectivity index (χ4n) is 3.33. The molecule has 212 valence electrons. The number of rotatable bonds is 13. The van der Waals surface area contributed by atoms with Gasteiger partial charge in [-0.15, -0.1) is 11.6 Å². The molecule has 4 amide bonds. The maximum absolute atomic E-state index is 13.8. The van der Waals surface area contributed by atoms with Crippen LogP contribution in [0.1, 0.15) is 60.3 Å². The number of para-hydroxylation sites is 1. The number of benzene rings is 1. The zero-order valence-corrected chi connectivity index (χ0v) is 23.2. The first kappa shape index (κ1) is 32.8. The third-order valence-corrected chi connectivity index (χ3v) is 5.35. The Kier molecular flexibility index (Phi) is 13.7. The van der Waals surface area contributed by atoms with E-state index in [2.05, 4.69) is 21.3 Å². The number of hydrogen-bond donors (Lipinski definition) is 4. The van der Waals surface area contributed by atoms with Crippen molar-refractivity contribution in [1.82, 2.24) is 16.0 Å². The lowest BCUT2D eigenvalue weighted by Gasteiger charge is -2.23. The highest BCUT2D eigenvalue weighted by Gasteiger charge is 2.29. The Bertz CT molecular complexity index is 983. The van der Waals surface area contributed by atoms with Crippen LogP contribution in [-0.4, -0.2) is 59.7 Å². The molecular formula is C26H38ClFN4O6. The predicted octanol–water partition coefficient (Wildman–Crippen LogP) is 3.28. The molecule has 0 heterocycles. The smallest absolute Gasteiger partial charge is 0.407 e. The molecule has 2 atom stereocenters. The summed E-state index contributed by atoms with van der Waals surface area (Å²) in [4.78, 5) is 61.8. The highest BCUT2D eigenvalue weighted by Crippen LogP contribution is 2.13. The van der Waals surface area contributed by atoms with Crippen LogP contribution in [-0.2, 0) is 23.9 Å². The highest BCUT2D eigenvalue weighted by atomic mass is 35.5. The summed E-state index contributed by atoms with van der Waals surface area (Å²) in [5, 5.41) is 9.77. The number of anilines is 1. The van der Waals surface area contributed by atoms with Crippen molar-refractivity contribution in [3.05, 3.63) is 30.1 Å². The minimum absolute atomic E-state index is 0.0400. The third-order valence-electron chi connectivity index (χ3n) is 5.08. The van der Waals surface area contributed by atoms with Crippen molar-refractivity contribution >= 4 is 46.9 Å². The Hall–Kier alpha value is -3.21.